The van der Waals surface area contributed by atoms with Gasteiger partial charge in [0.2, 0.25) is 5.91 Å². The van der Waals surface area contributed by atoms with E-state index in [0.29, 0.717) is 5.69 Å². The van der Waals surface area contributed by atoms with Crippen LogP contribution in [0.2, 0.25) is 0 Å². The van der Waals surface area contributed by atoms with Crippen LogP contribution in [0.4, 0.5) is 10.5 Å². The van der Waals surface area contributed by atoms with Crippen molar-refractivity contribution in [1.82, 2.24) is 0 Å². The Morgan fingerprint density at radius 1 is 1.33 bits per heavy atom. The van der Waals surface area contributed by atoms with Crippen LogP contribution in [0.1, 0.15) is 0 Å². The van der Waals surface area contributed by atoms with Gasteiger partial charge in [0.1, 0.15) is 0 Å². The molecule has 0 saturated carbocycles. The average molecular weight is 289 g/mol. The van der Waals surface area contributed by atoms with Gasteiger partial charge in [0.25, 0.3) is 5.24 Å². The van der Waals surface area contributed by atoms with Crippen LogP contribution in [0.25, 0.3) is 0 Å². The minimum atomic E-state index is -0.555. The first kappa shape index (κ1) is 12.1. The first-order valence-corrected chi connectivity index (χ1v) is 5.83. The van der Waals surface area contributed by atoms with E-state index in [9.17, 15) is 9.59 Å². The van der Waals surface area contributed by atoms with Gasteiger partial charge in [0.15, 0.2) is 0 Å². The molecule has 0 heterocycles. The van der Waals surface area contributed by atoms with Crippen LogP contribution >= 0.6 is 27.7 Å². The van der Waals surface area contributed by atoms with Crippen LogP contribution in [0, 0.1) is 0 Å². The van der Waals surface area contributed by atoms with Gasteiger partial charge >= 0.3 is 0 Å². The molecule has 0 bridgehead atoms. The number of benzene rings is 1. The Kier molecular flexibility index (Phi) is 4.64. The minimum Gasteiger partial charge on any atom is -0.361 e. The second-order valence-corrected chi connectivity index (χ2v) is 4.56. The SMILES string of the molecule is NC(=O)SCC(=O)Nc1ccc(Br)cc1. The van der Waals surface area contributed by atoms with E-state index < -0.39 is 5.24 Å². The van der Waals surface area contributed by atoms with Crippen molar-refractivity contribution < 1.29 is 9.59 Å². The summed E-state index contributed by atoms with van der Waals surface area (Å²) in [6, 6.07) is 7.15. The Bertz CT molecular complexity index is 367. The Morgan fingerprint density at radius 2 is 1.93 bits per heavy atom. The number of thioether (sulfide) groups is 1. The molecule has 0 aliphatic rings. The first-order valence-electron chi connectivity index (χ1n) is 4.05. The van der Waals surface area contributed by atoms with Crippen LogP contribution < -0.4 is 11.1 Å². The number of hydrogen-bond acceptors (Lipinski definition) is 3. The van der Waals surface area contributed by atoms with Gasteiger partial charge in [-0.05, 0) is 24.3 Å². The lowest BCUT2D eigenvalue weighted by Crippen LogP contribution is -2.16. The second kappa shape index (κ2) is 5.77. The fraction of sp³-hybridized carbons (Fsp3) is 0.111. The Morgan fingerprint density at radius 3 is 2.47 bits per heavy atom. The molecule has 0 saturated heterocycles. The van der Waals surface area contributed by atoms with Crippen LogP contribution in [-0.4, -0.2) is 16.9 Å². The maximum Gasteiger partial charge on any atom is 0.276 e. The topological polar surface area (TPSA) is 72.2 Å². The highest BCUT2D eigenvalue weighted by Gasteiger charge is 2.04. The van der Waals surface area contributed by atoms with Gasteiger partial charge in [-0.2, -0.15) is 0 Å². The number of rotatable bonds is 3. The lowest BCUT2D eigenvalue weighted by Gasteiger charge is -2.03. The summed E-state index contributed by atoms with van der Waals surface area (Å²) >= 11 is 4.06. The van der Waals surface area contributed by atoms with Gasteiger partial charge in [-0.15, -0.1) is 0 Å². The third-order valence-electron chi connectivity index (χ3n) is 1.47. The number of hydrogen-bond donors (Lipinski definition) is 2. The van der Waals surface area contributed by atoms with Crippen molar-refractivity contribution in [3.8, 4) is 0 Å². The summed E-state index contributed by atoms with van der Waals surface area (Å²) in [6.45, 7) is 0. The molecule has 0 fully saturated rings. The predicted molar refractivity (Wildman–Crippen MR) is 64.8 cm³/mol. The molecule has 6 heteroatoms. The molecule has 0 spiro atoms. The van der Waals surface area contributed by atoms with Crippen LogP contribution in [0.15, 0.2) is 28.7 Å². The van der Waals surface area contributed by atoms with E-state index >= 15 is 0 Å². The van der Waals surface area contributed by atoms with Gasteiger partial charge in [0.05, 0.1) is 5.75 Å². The molecule has 0 aromatic heterocycles. The zero-order valence-corrected chi connectivity index (χ0v) is 10.1. The normalized spacial score (nSPS) is 9.67. The number of anilines is 1. The Balaban J connectivity index is 2.44. The molecule has 0 aliphatic heterocycles. The Hall–Kier alpha value is -1.01. The summed E-state index contributed by atoms with van der Waals surface area (Å²) in [5, 5.41) is 2.08. The van der Waals surface area contributed by atoms with E-state index in [-0.39, 0.29) is 11.7 Å². The van der Waals surface area contributed by atoms with Gasteiger partial charge in [-0.25, -0.2) is 0 Å². The van der Waals surface area contributed by atoms with E-state index in [0.717, 1.165) is 16.2 Å². The van der Waals surface area contributed by atoms with Crippen molar-refractivity contribution in [3.63, 3.8) is 0 Å². The number of halogens is 1. The number of amides is 2. The second-order valence-electron chi connectivity index (χ2n) is 2.66. The molecule has 4 nitrogen and oxygen atoms in total. The average Bonchev–Trinajstić information content (AvgIpc) is 2.19. The zero-order chi connectivity index (χ0) is 11.3. The fourth-order valence-electron chi connectivity index (χ4n) is 0.867. The molecule has 0 unspecified atom stereocenters. The molecule has 1 aromatic rings. The van der Waals surface area contributed by atoms with E-state index in [1.165, 1.54) is 0 Å². The van der Waals surface area contributed by atoms with Crippen LogP contribution in [0.3, 0.4) is 0 Å². The highest BCUT2D eigenvalue weighted by Crippen LogP contribution is 2.14. The summed E-state index contributed by atoms with van der Waals surface area (Å²) in [7, 11) is 0. The lowest BCUT2D eigenvalue weighted by molar-refractivity contribution is -0.113. The largest absolute Gasteiger partial charge is 0.361 e. The number of carbonyl (C=O) groups excluding carboxylic acids is 2. The van der Waals surface area contributed by atoms with Gasteiger partial charge in [-0.3, -0.25) is 9.59 Å². The predicted octanol–water partition coefficient (Wildman–Crippen LogP) is 2.20. The lowest BCUT2D eigenvalue weighted by atomic mass is 10.3. The molecule has 1 aromatic carbocycles. The summed E-state index contributed by atoms with van der Waals surface area (Å²) in [4.78, 5) is 21.7. The maximum atomic E-state index is 11.3. The first-order chi connectivity index (χ1) is 7.08. The third-order valence-corrected chi connectivity index (χ3v) is 2.69. The number of nitrogens with one attached hydrogen (secondary N) is 1. The highest BCUT2D eigenvalue weighted by molar-refractivity contribution is 9.10. The number of primary amides is 1. The summed E-state index contributed by atoms with van der Waals surface area (Å²) in [6.07, 6.45) is 0. The number of carbonyl (C=O) groups is 2. The third kappa shape index (κ3) is 4.85. The zero-order valence-electron chi connectivity index (χ0n) is 7.70. The Labute approximate surface area is 99.7 Å². The summed E-state index contributed by atoms with van der Waals surface area (Å²) < 4.78 is 0.937. The molecule has 1 rings (SSSR count). The van der Waals surface area contributed by atoms with E-state index in [1.807, 2.05) is 12.1 Å². The molecule has 15 heavy (non-hydrogen) atoms. The van der Waals surface area contributed by atoms with E-state index in [2.05, 4.69) is 21.2 Å². The summed E-state index contributed by atoms with van der Waals surface area (Å²) in [5.74, 6) is -0.216. The molecule has 0 atom stereocenters. The van der Waals surface area contributed by atoms with E-state index in [4.69, 9.17) is 5.73 Å². The standard InChI is InChI=1S/C9H9BrN2O2S/c10-6-1-3-7(4-2-6)12-8(13)5-15-9(11)14/h1-4H,5H2,(H2,11,14)(H,12,13). The molecule has 2 amide bonds. The molecule has 0 aliphatic carbocycles. The molecular formula is C9H9BrN2O2S. The smallest absolute Gasteiger partial charge is 0.276 e. The van der Waals surface area contributed by atoms with E-state index in [1.54, 1.807) is 12.1 Å². The molecule has 3 N–H and O–H groups in total. The van der Waals surface area contributed by atoms with Crippen LogP contribution in [0.5, 0.6) is 0 Å². The number of nitrogens with two attached hydrogens (primary N) is 1. The quantitative estimate of drug-likeness (QED) is 0.896. The van der Waals surface area contributed by atoms with Crippen LogP contribution in [-0.2, 0) is 4.79 Å². The molecule has 0 radical (unpaired) electrons. The monoisotopic (exact) mass is 288 g/mol. The molecular weight excluding hydrogens is 280 g/mol. The van der Waals surface area contributed by atoms with Crippen molar-refractivity contribution >= 4 is 44.5 Å². The van der Waals surface area contributed by atoms with Crippen molar-refractivity contribution in [1.29, 1.82) is 0 Å². The minimum absolute atomic E-state index is 0.0331. The van der Waals surface area contributed by atoms with Crippen molar-refractivity contribution in [2.75, 3.05) is 11.1 Å². The van der Waals surface area contributed by atoms with Crippen molar-refractivity contribution in [2.45, 2.75) is 0 Å². The fourth-order valence-corrected chi connectivity index (χ4v) is 1.48. The summed E-state index contributed by atoms with van der Waals surface area (Å²) in [5.41, 5.74) is 5.58. The van der Waals surface area contributed by atoms with Crippen molar-refractivity contribution in [3.05, 3.63) is 28.7 Å². The molecule has 80 valence electrons. The van der Waals surface area contributed by atoms with Gasteiger partial charge in [-0.1, -0.05) is 27.7 Å². The van der Waals surface area contributed by atoms with Crippen molar-refractivity contribution in [2.24, 2.45) is 5.73 Å². The van der Waals surface area contributed by atoms with Gasteiger partial charge in [0, 0.05) is 10.2 Å². The van der Waals surface area contributed by atoms with Gasteiger partial charge < -0.3 is 11.1 Å². The highest BCUT2D eigenvalue weighted by atomic mass is 79.9. The maximum absolute atomic E-state index is 11.3.